The number of nitrogens with one attached hydrogen (secondary N) is 2. The van der Waals surface area contributed by atoms with Crippen molar-refractivity contribution < 1.29 is 0 Å². The van der Waals surface area contributed by atoms with Gasteiger partial charge in [0, 0.05) is 10.4 Å². The zero-order valence-corrected chi connectivity index (χ0v) is 12.1. The molecule has 1 aliphatic rings. The molecule has 1 aliphatic carbocycles. The summed E-state index contributed by atoms with van der Waals surface area (Å²) in [7, 11) is 0. The zero-order chi connectivity index (χ0) is 13.5. The van der Waals surface area contributed by atoms with Crippen molar-refractivity contribution in [3.63, 3.8) is 0 Å². The Morgan fingerprint density at radius 3 is 2.79 bits per heavy atom. The molecule has 0 saturated heterocycles. The van der Waals surface area contributed by atoms with Gasteiger partial charge in [0.25, 0.3) is 0 Å². The van der Waals surface area contributed by atoms with E-state index in [-0.39, 0.29) is 5.54 Å². The van der Waals surface area contributed by atoms with E-state index in [4.69, 9.17) is 5.84 Å². The number of aryl methyl sites for hydroxylation is 1. The summed E-state index contributed by atoms with van der Waals surface area (Å²) < 4.78 is 0. The van der Waals surface area contributed by atoms with E-state index in [2.05, 4.69) is 40.6 Å². The number of hydrogen-bond acceptors (Lipinski definition) is 6. The predicted octanol–water partition coefficient (Wildman–Crippen LogP) is 2.89. The summed E-state index contributed by atoms with van der Waals surface area (Å²) in [5.74, 6) is 6.83. The molecular weight excluding hydrogens is 258 g/mol. The highest BCUT2D eigenvalue weighted by atomic mass is 32.1. The van der Waals surface area contributed by atoms with Crippen molar-refractivity contribution in [2.45, 2.75) is 45.1 Å². The number of thiophene rings is 1. The molecular formula is C13H19N5S. The Labute approximate surface area is 116 Å². The summed E-state index contributed by atoms with van der Waals surface area (Å²) in [6, 6.07) is 2.19. The fraction of sp³-hybridized carbons (Fsp3) is 0.538. The van der Waals surface area contributed by atoms with Gasteiger partial charge in [-0.1, -0.05) is 6.92 Å². The number of aromatic nitrogens is 2. The number of rotatable bonds is 4. The average Bonchev–Trinajstić information content (AvgIpc) is 2.80. The highest BCUT2D eigenvalue weighted by Gasteiger charge is 2.32. The van der Waals surface area contributed by atoms with Crippen LogP contribution in [0.15, 0.2) is 6.07 Å². The number of fused-ring (bicyclic) bond motifs is 1. The zero-order valence-electron chi connectivity index (χ0n) is 11.3. The van der Waals surface area contributed by atoms with Gasteiger partial charge in [0.1, 0.15) is 10.6 Å². The Morgan fingerprint density at radius 1 is 1.42 bits per heavy atom. The van der Waals surface area contributed by atoms with E-state index < -0.39 is 0 Å². The number of nitrogens with zero attached hydrogens (tertiary/aromatic N) is 2. The molecule has 0 aromatic carbocycles. The normalized spacial score (nSPS) is 17.2. The lowest BCUT2D eigenvalue weighted by molar-refractivity contribution is 0.306. The highest BCUT2D eigenvalue weighted by Crippen LogP contribution is 2.37. The van der Waals surface area contributed by atoms with Gasteiger partial charge in [-0.15, -0.1) is 11.3 Å². The van der Waals surface area contributed by atoms with Gasteiger partial charge in [-0.2, -0.15) is 4.98 Å². The number of hydrogen-bond donors (Lipinski definition) is 3. The summed E-state index contributed by atoms with van der Waals surface area (Å²) >= 11 is 1.71. The van der Waals surface area contributed by atoms with Crippen LogP contribution in [0.2, 0.25) is 0 Å². The van der Waals surface area contributed by atoms with E-state index in [0.29, 0.717) is 5.95 Å². The molecule has 0 amide bonds. The van der Waals surface area contributed by atoms with Crippen LogP contribution in [-0.4, -0.2) is 15.5 Å². The number of anilines is 2. The smallest absolute Gasteiger partial charge is 0.240 e. The molecule has 102 valence electrons. The molecule has 19 heavy (non-hydrogen) atoms. The van der Waals surface area contributed by atoms with Gasteiger partial charge in [-0.05, 0) is 38.7 Å². The van der Waals surface area contributed by atoms with Gasteiger partial charge < -0.3 is 5.32 Å². The standard InChI is InChI=1S/C13H19N5S/c1-3-8-7-9-10(17-13(2)5-4-6-13)15-12(18-14)16-11(9)19-8/h7H,3-6,14H2,1-2H3,(H2,15,16,17,18). The maximum atomic E-state index is 5.46. The van der Waals surface area contributed by atoms with Gasteiger partial charge in [0.05, 0.1) is 5.39 Å². The lowest BCUT2D eigenvalue weighted by atomic mass is 9.78. The molecule has 0 atom stereocenters. The van der Waals surface area contributed by atoms with Crippen LogP contribution in [0.1, 0.15) is 38.0 Å². The molecule has 0 aliphatic heterocycles. The second-order valence-electron chi connectivity index (χ2n) is 5.36. The fourth-order valence-corrected chi connectivity index (χ4v) is 3.39. The number of nitrogen functional groups attached to an aromatic ring is 1. The first-order chi connectivity index (χ1) is 9.13. The monoisotopic (exact) mass is 277 g/mol. The summed E-state index contributed by atoms with van der Waals surface area (Å²) in [4.78, 5) is 11.2. The first kappa shape index (κ1) is 12.6. The van der Waals surface area contributed by atoms with E-state index in [9.17, 15) is 0 Å². The molecule has 0 radical (unpaired) electrons. The minimum absolute atomic E-state index is 0.168. The Morgan fingerprint density at radius 2 is 2.21 bits per heavy atom. The second-order valence-corrected chi connectivity index (χ2v) is 6.48. The quantitative estimate of drug-likeness (QED) is 0.592. The Kier molecular flexibility index (Phi) is 3.06. The Balaban J connectivity index is 2.06. The van der Waals surface area contributed by atoms with Crippen LogP contribution in [0.25, 0.3) is 10.2 Å². The van der Waals surface area contributed by atoms with Crippen LogP contribution in [0.5, 0.6) is 0 Å². The molecule has 3 rings (SSSR count). The minimum Gasteiger partial charge on any atom is -0.364 e. The number of hydrazine groups is 1. The SMILES string of the molecule is CCc1cc2c(NC3(C)CCC3)nc(NN)nc2s1. The van der Waals surface area contributed by atoms with Gasteiger partial charge in [0.15, 0.2) is 0 Å². The fourth-order valence-electron chi connectivity index (χ4n) is 2.42. The molecule has 0 unspecified atom stereocenters. The Bertz CT molecular complexity index is 602. The third-order valence-corrected chi connectivity index (χ3v) is 4.97. The molecule has 2 aromatic heterocycles. The maximum absolute atomic E-state index is 5.46. The average molecular weight is 277 g/mol. The van der Waals surface area contributed by atoms with Crippen LogP contribution < -0.4 is 16.6 Å². The summed E-state index contributed by atoms with van der Waals surface area (Å²) in [6.45, 7) is 4.40. The van der Waals surface area contributed by atoms with Gasteiger partial charge in [0.2, 0.25) is 5.95 Å². The van der Waals surface area contributed by atoms with E-state index in [1.165, 1.54) is 24.1 Å². The van der Waals surface area contributed by atoms with Crippen molar-refractivity contribution in [2.75, 3.05) is 10.7 Å². The van der Waals surface area contributed by atoms with Crippen LogP contribution in [0.4, 0.5) is 11.8 Å². The summed E-state index contributed by atoms with van der Waals surface area (Å²) in [5.41, 5.74) is 2.72. The summed E-state index contributed by atoms with van der Waals surface area (Å²) in [6.07, 6.45) is 4.68. The molecule has 1 fully saturated rings. The van der Waals surface area contributed by atoms with Gasteiger partial charge in [-0.25, -0.2) is 10.8 Å². The van der Waals surface area contributed by atoms with Crippen molar-refractivity contribution >= 4 is 33.3 Å². The van der Waals surface area contributed by atoms with Crippen molar-refractivity contribution in [3.8, 4) is 0 Å². The molecule has 2 heterocycles. The second kappa shape index (κ2) is 4.61. The van der Waals surface area contributed by atoms with Crippen molar-refractivity contribution in [2.24, 2.45) is 5.84 Å². The highest BCUT2D eigenvalue weighted by molar-refractivity contribution is 7.18. The third kappa shape index (κ3) is 2.26. The van der Waals surface area contributed by atoms with Crippen LogP contribution in [0.3, 0.4) is 0 Å². The lowest BCUT2D eigenvalue weighted by Gasteiger charge is -2.39. The molecule has 2 aromatic rings. The van der Waals surface area contributed by atoms with E-state index >= 15 is 0 Å². The minimum atomic E-state index is 0.168. The summed E-state index contributed by atoms with van der Waals surface area (Å²) in [5, 5.41) is 4.68. The molecule has 6 heteroatoms. The van der Waals surface area contributed by atoms with Gasteiger partial charge >= 0.3 is 0 Å². The van der Waals surface area contributed by atoms with E-state index in [1.807, 2.05) is 0 Å². The maximum Gasteiger partial charge on any atom is 0.240 e. The largest absolute Gasteiger partial charge is 0.364 e. The van der Waals surface area contributed by atoms with E-state index in [0.717, 1.165) is 22.5 Å². The first-order valence-corrected chi connectivity index (χ1v) is 7.50. The molecule has 0 spiro atoms. The number of nitrogens with two attached hydrogens (primary N) is 1. The topological polar surface area (TPSA) is 75.9 Å². The Hall–Kier alpha value is -1.40. The van der Waals surface area contributed by atoms with Crippen LogP contribution >= 0.6 is 11.3 Å². The van der Waals surface area contributed by atoms with Crippen molar-refractivity contribution in [3.05, 3.63) is 10.9 Å². The third-order valence-electron chi connectivity index (χ3n) is 3.80. The van der Waals surface area contributed by atoms with E-state index in [1.54, 1.807) is 11.3 Å². The molecule has 5 nitrogen and oxygen atoms in total. The predicted molar refractivity (Wildman–Crippen MR) is 80.5 cm³/mol. The molecule has 1 saturated carbocycles. The van der Waals surface area contributed by atoms with Crippen LogP contribution in [-0.2, 0) is 6.42 Å². The first-order valence-electron chi connectivity index (χ1n) is 6.69. The van der Waals surface area contributed by atoms with Crippen molar-refractivity contribution in [1.29, 1.82) is 0 Å². The van der Waals surface area contributed by atoms with Gasteiger partial charge in [-0.3, -0.25) is 5.43 Å². The van der Waals surface area contributed by atoms with Crippen LogP contribution in [0, 0.1) is 0 Å². The lowest BCUT2D eigenvalue weighted by Crippen LogP contribution is -2.42. The van der Waals surface area contributed by atoms with Crippen molar-refractivity contribution in [1.82, 2.24) is 9.97 Å². The molecule has 0 bridgehead atoms. The molecule has 4 N–H and O–H groups in total.